The summed E-state index contributed by atoms with van der Waals surface area (Å²) in [5.74, 6) is -0.412. The summed E-state index contributed by atoms with van der Waals surface area (Å²) in [7, 11) is 1.73. The first-order valence-electron chi connectivity index (χ1n) is 6.47. The third kappa shape index (κ3) is 3.93. The van der Waals surface area contributed by atoms with Crippen molar-refractivity contribution >= 4 is 11.8 Å². The van der Waals surface area contributed by atoms with Gasteiger partial charge in [-0.1, -0.05) is 12.1 Å². The minimum Gasteiger partial charge on any atom is -0.484 e. The molecular weight excluding hydrogens is 270 g/mol. The lowest BCUT2D eigenvalue weighted by atomic mass is 10.2. The van der Waals surface area contributed by atoms with Gasteiger partial charge in [-0.15, -0.1) is 0 Å². The maximum Gasteiger partial charge on any atom is 0.274 e. The topological polar surface area (TPSA) is 86.3 Å². The maximum atomic E-state index is 11.8. The molecule has 2 aromatic rings. The smallest absolute Gasteiger partial charge is 0.274 e. The van der Waals surface area contributed by atoms with Gasteiger partial charge in [-0.25, -0.2) is 0 Å². The highest BCUT2D eigenvalue weighted by Crippen LogP contribution is 2.12. The quantitative estimate of drug-likeness (QED) is 0.852. The Balaban J connectivity index is 1.87. The highest BCUT2D eigenvalue weighted by molar-refractivity contribution is 6.04. The predicted molar refractivity (Wildman–Crippen MR) is 77.7 cm³/mol. The third-order valence-electron chi connectivity index (χ3n) is 2.93. The second kappa shape index (κ2) is 6.71. The Morgan fingerprint density at radius 2 is 2.10 bits per heavy atom. The number of benzene rings is 1. The number of carbonyl (C=O) groups excluding carboxylic acids is 2. The molecule has 110 valence electrons. The molecule has 1 heterocycles. The average Bonchev–Trinajstić information content (AvgIpc) is 2.91. The number of hydrogen-bond acceptors (Lipinski definition) is 4. The normalized spacial score (nSPS) is 10.2. The van der Waals surface area contributed by atoms with Crippen molar-refractivity contribution in [1.29, 1.82) is 0 Å². The van der Waals surface area contributed by atoms with Crippen molar-refractivity contribution in [2.45, 2.75) is 6.54 Å². The van der Waals surface area contributed by atoms with Crippen LogP contribution in [0.2, 0.25) is 0 Å². The van der Waals surface area contributed by atoms with Crippen molar-refractivity contribution in [2.24, 2.45) is 12.8 Å². The molecule has 6 nitrogen and oxygen atoms in total. The molecule has 0 aliphatic heterocycles. The molecule has 2 amide bonds. The van der Waals surface area contributed by atoms with E-state index in [4.69, 9.17) is 10.5 Å². The van der Waals surface area contributed by atoms with Crippen LogP contribution >= 0.6 is 0 Å². The summed E-state index contributed by atoms with van der Waals surface area (Å²) in [5, 5.41) is 2.27. The van der Waals surface area contributed by atoms with Crippen LogP contribution in [0.3, 0.4) is 0 Å². The molecular formula is C15H17N3O3. The van der Waals surface area contributed by atoms with Gasteiger partial charge in [-0.3, -0.25) is 14.9 Å². The van der Waals surface area contributed by atoms with E-state index in [-0.39, 0.29) is 6.61 Å². The first-order valence-corrected chi connectivity index (χ1v) is 6.47. The Morgan fingerprint density at radius 1 is 1.29 bits per heavy atom. The van der Waals surface area contributed by atoms with E-state index in [1.165, 1.54) is 0 Å². The molecule has 2 rings (SSSR count). The van der Waals surface area contributed by atoms with Crippen LogP contribution in [0.1, 0.15) is 16.1 Å². The van der Waals surface area contributed by atoms with Gasteiger partial charge in [-0.2, -0.15) is 0 Å². The summed E-state index contributed by atoms with van der Waals surface area (Å²) in [6.45, 7) is 0.166. The SMILES string of the molecule is Cn1cccc1C(=O)NC(=O)COc1cccc(CN)c1. The first-order chi connectivity index (χ1) is 10.1. The highest BCUT2D eigenvalue weighted by atomic mass is 16.5. The van der Waals surface area contributed by atoms with Gasteiger partial charge in [0.25, 0.3) is 11.8 Å². The first kappa shape index (κ1) is 14.8. The third-order valence-corrected chi connectivity index (χ3v) is 2.93. The molecule has 0 atom stereocenters. The van der Waals surface area contributed by atoms with E-state index in [1.807, 2.05) is 6.07 Å². The Bertz CT molecular complexity index is 649. The van der Waals surface area contributed by atoms with Crippen LogP contribution < -0.4 is 15.8 Å². The Morgan fingerprint density at radius 3 is 2.76 bits per heavy atom. The van der Waals surface area contributed by atoms with Gasteiger partial charge in [0.05, 0.1) is 0 Å². The Kier molecular flexibility index (Phi) is 4.73. The van der Waals surface area contributed by atoms with Crippen molar-refractivity contribution in [3.8, 4) is 5.75 Å². The largest absolute Gasteiger partial charge is 0.484 e. The summed E-state index contributed by atoms with van der Waals surface area (Å²) in [6, 6.07) is 10.5. The number of rotatable bonds is 5. The van der Waals surface area contributed by atoms with Gasteiger partial charge < -0.3 is 15.0 Å². The van der Waals surface area contributed by atoms with E-state index in [1.54, 1.807) is 48.1 Å². The van der Waals surface area contributed by atoms with E-state index in [0.29, 0.717) is 18.0 Å². The summed E-state index contributed by atoms with van der Waals surface area (Å²) >= 11 is 0. The van der Waals surface area contributed by atoms with Crippen LogP contribution in [-0.4, -0.2) is 23.0 Å². The lowest BCUT2D eigenvalue weighted by molar-refractivity contribution is -0.122. The molecule has 0 bridgehead atoms. The fourth-order valence-corrected chi connectivity index (χ4v) is 1.83. The van der Waals surface area contributed by atoms with Crippen molar-refractivity contribution in [3.05, 3.63) is 53.9 Å². The zero-order valence-corrected chi connectivity index (χ0v) is 11.7. The van der Waals surface area contributed by atoms with Crippen molar-refractivity contribution in [2.75, 3.05) is 6.61 Å². The minimum absolute atomic E-state index is 0.232. The molecule has 0 aliphatic carbocycles. The van der Waals surface area contributed by atoms with Gasteiger partial charge in [-0.05, 0) is 29.8 Å². The lowest BCUT2D eigenvalue weighted by Gasteiger charge is -2.08. The highest BCUT2D eigenvalue weighted by Gasteiger charge is 2.13. The summed E-state index contributed by atoms with van der Waals surface area (Å²) in [6.07, 6.45) is 1.73. The van der Waals surface area contributed by atoms with Gasteiger partial charge in [0.15, 0.2) is 6.61 Å². The summed E-state index contributed by atoms with van der Waals surface area (Å²) < 4.78 is 6.97. The van der Waals surface area contributed by atoms with E-state index in [0.717, 1.165) is 5.56 Å². The number of hydrogen-bond donors (Lipinski definition) is 2. The van der Waals surface area contributed by atoms with Crippen LogP contribution in [0.4, 0.5) is 0 Å². The standard InChI is InChI=1S/C15H17N3O3/c1-18-7-3-6-13(18)15(20)17-14(19)10-21-12-5-2-4-11(8-12)9-16/h2-8H,9-10,16H2,1H3,(H,17,19,20). The van der Waals surface area contributed by atoms with Crippen molar-refractivity contribution < 1.29 is 14.3 Å². The fourth-order valence-electron chi connectivity index (χ4n) is 1.83. The van der Waals surface area contributed by atoms with Gasteiger partial charge in [0.2, 0.25) is 0 Å². The number of ether oxygens (including phenoxy) is 1. The number of nitrogens with one attached hydrogen (secondary N) is 1. The van der Waals surface area contributed by atoms with Crippen LogP contribution in [0.5, 0.6) is 5.75 Å². The number of nitrogens with two attached hydrogens (primary N) is 1. The van der Waals surface area contributed by atoms with E-state index >= 15 is 0 Å². The number of imide groups is 1. The Hall–Kier alpha value is -2.60. The second-order valence-corrected chi connectivity index (χ2v) is 4.52. The number of aromatic nitrogens is 1. The van der Waals surface area contributed by atoms with Crippen LogP contribution in [0, 0.1) is 0 Å². The van der Waals surface area contributed by atoms with Crippen LogP contribution in [0.25, 0.3) is 0 Å². The van der Waals surface area contributed by atoms with E-state index in [9.17, 15) is 9.59 Å². The van der Waals surface area contributed by atoms with Crippen molar-refractivity contribution in [1.82, 2.24) is 9.88 Å². The number of amides is 2. The molecule has 1 aromatic heterocycles. The van der Waals surface area contributed by atoms with E-state index in [2.05, 4.69) is 5.32 Å². The zero-order valence-electron chi connectivity index (χ0n) is 11.7. The average molecular weight is 287 g/mol. The van der Waals surface area contributed by atoms with Crippen molar-refractivity contribution in [3.63, 3.8) is 0 Å². The lowest BCUT2D eigenvalue weighted by Crippen LogP contribution is -2.35. The molecule has 0 aliphatic rings. The van der Waals surface area contributed by atoms with Gasteiger partial charge in [0.1, 0.15) is 11.4 Å². The van der Waals surface area contributed by atoms with Crippen LogP contribution in [-0.2, 0) is 18.4 Å². The van der Waals surface area contributed by atoms with Crippen LogP contribution in [0.15, 0.2) is 42.6 Å². The monoisotopic (exact) mass is 287 g/mol. The molecule has 0 saturated carbocycles. The van der Waals surface area contributed by atoms with Gasteiger partial charge in [0, 0.05) is 19.8 Å². The molecule has 0 unspecified atom stereocenters. The van der Waals surface area contributed by atoms with Gasteiger partial charge >= 0.3 is 0 Å². The summed E-state index contributed by atoms with van der Waals surface area (Å²) in [5.41, 5.74) is 6.85. The molecule has 0 spiro atoms. The molecule has 6 heteroatoms. The Labute approximate surface area is 122 Å². The molecule has 0 radical (unpaired) electrons. The molecule has 0 fully saturated rings. The fraction of sp³-hybridized carbons (Fsp3) is 0.200. The predicted octanol–water partition coefficient (Wildman–Crippen LogP) is 0.819. The maximum absolute atomic E-state index is 11.8. The molecule has 21 heavy (non-hydrogen) atoms. The summed E-state index contributed by atoms with van der Waals surface area (Å²) in [4.78, 5) is 23.5. The number of carbonyl (C=O) groups is 2. The number of aryl methyl sites for hydroxylation is 1. The minimum atomic E-state index is -0.501. The molecule has 0 saturated heterocycles. The molecule has 1 aromatic carbocycles. The second-order valence-electron chi connectivity index (χ2n) is 4.52. The molecule has 3 N–H and O–H groups in total. The zero-order chi connectivity index (χ0) is 15.2. The number of nitrogens with zero attached hydrogens (tertiary/aromatic N) is 1. The van der Waals surface area contributed by atoms with E-state index < -0.39 is 11.8 Å².